The summed E-state index contributed by atoms with van der Waals surface area (Å²) in [4.78, 5) is 0. The minimum absolute atomic E-state index is 0.117. The summed E-state index contributed by atoms with van der Waals surface area (Å²) in [6.07, 6.45) is 6.51. The van der Waals surface area contributed by atoms with E-state index in [1.165, 1.54) is 31.2 Å². The van der Waals surface area contributed by atoms with Crippen LogP contribution in [0.3, 0.4) is 0 Å². The van der Waals surface area contributed by atoms with Crippen molar-refractivity contribution >= 4 is 0 Å². The molecule has 1 saturated carbocycles. The molecule has 0 aromatic heterocycles. The van der Waals surface area contributed by atoms with Gasteiger partial charge in [-0.2, -0.15) is 0 Å². The Hall–Kier alpha value is -0.890. The van der Waals surface area contributed by atoms with E-state index in [4.69, 9.17) is 0 Å². The molecule has 1 fully saturated rings. The van der Waals surface area contributed by atoms with Crippen molar-refractivity contribution in [3.8, 4) is 0 Å². The molecule has 2 unspecified atom stereocenters. The van der Waals surface area contributed by atoms with Gasteiger partial charge in [-0.05, 0) is 74.4 Å². The number of nitrogens with one attached hydrogen (secondary N) is 1. The van der Waals surface area contributed by atoms with E-state index in [0.29, 0.717) is 0 Å². The zero-order valence-corrected chi connectivity index (χ0v) is 12.2. The molecule has 0 radical (unpaired) electrons. The molecule has 1 aliphatic rings. The van der Waals surface area contributed by atoms with Crippen LogP contribution in [0.15, 0.2) is 18.2 Å². The molecule has 1 nitrogen and oxygen atoms in total. The molecule has 1 aromatic rings. The van der Waals surface area contributed by atoms with Gasteiger partial charge in [0.25, 0.3) is 0 Å². The van der Waals surface area contributed by atoms with Crippen molar-refractivity contribution in [1.29, 1.82) is 0 Å². The van der Waals surface area contributed by atoms with Crippen molar-refractivity contribution in [2.45, 2.75) is 46.0 Å². The van der Waals surface area contributed by atoms with E-state index in [1.807, 2.05) is 13.0 Å². The summed E-state index contributed by atoms with van der Waals surface area (Å²) >= 11 is 0. The molecular formula is C17H26FN. The topological polar surface area (TPSA) is 12.0 Å². The summed E-state index contributed by atoms with van der Waals surface area (Å²) < 4.78 is 13.2. The first kappa shape index (κ1) is 14.5. The average Bonchev–Trinajstić information content (AvgIpc) is 2.41. The van der Waals surface area contributed by atoms with Gasteiger partial charge < -0.3 is 5.32 Å². The number of aryl methyl sites for hydroxylation is 1. The third-order valence-corrected chi connectivity index (χ3v) is 4.51. The van der Waals surface area contributed by atoms with E-state index >= 15 is 0 Å². The third-order valence-electron chi connectivity index (χ3n) is 4.51. The van der Waals surface area contributed by atoms with Crippen molar-refractivity contribution in [1.82, 2.24) is 5.32 Å². The molecule has 0 saturated heterocycles. The highest BCUT2D eigenvalue weighted by atomic mass is 19.1. The molecule has 0 bridgehead atoms. The van der Waals surface area contributed by atoms with Crippen LogP contribution in [0.2, 0.25) is 0 Å². The van der Waals surface area contributed by atoms with Gasteiger partial charge in [0.1, 0.15) is 5.82 Å². The standard InChI is InChI=1S/C17H26FN/c1-3-19-12-16-7-5-4-6-15(16)11-14-8-9-17(18)10-13(14)2/h8-10,15-16,19H,3-7,11-12H2,1-2H3. The van der Waals surface area contributed by atoms with Gasteiger partial charge in [0.2, 0.25) is 0 Å². The minimum atomic E-state index is -0.117. The van der Waals surface area contributed by atoms with Gasteiger partial charge in [-0.3, -0.25) is 0 Å². The molecule has 0 heterocycles. The Labute approximate surface area is 116 Å². The van der Waals surface area contributed by atoms with Gasteiger partial charge in [0.15, 0.2) is 0 Å². The van der Waals surface area contributed by atoms with Crippen LogP contribution in [0, 0.1) is 24.6 Å². The van der Waals surface area contributed by atoms with Crippen molar-refractivity contribution in [2.75, 3.05) is 13.1 Å². The minimum Gasteiger partial charge on any atom is -0.317 e. The fraction of sp³-hybridized carbons (Fsp3) is 0.647. The fourth-order valence-corrected chi connectivity index (χ4v) is 3.32. The maximum atomic E-state index is 13.2. The zero-order valence-electron chi connectivity index (χ0n) is 12.2. The molecule has 0 amide bonds. The maximum Gasteiger partial charge on any atom is 0.123 e. The Morgan fingerprint density at radius 1 is 1.21 bits per heavy atom. The molecule has 1 aromatic carbocycles. The summed E-state index contributed by atoms with van der Waals surface area (Å²) in [5, 5.41) is 3.50. The molecule has 2 heteroatoms. The number of hydrogen-bond acceptors (Lipinski definition) is 1. The van der Waals surface area contributed by atoms with E-state index in [2.05, 4.69) is 12.2 Å². The normalized spacial score (nSPS) is 23.5. The SMILES string of the molecule is CCNCC1CCCCC1Cc1ccc(F)cc1C. The quantitative estimate of drug-likeness (QED) is 0.843. The third kappa shape index (κ3) is 4.04. The van der Waals surface area contributed by atoms with Crippen LogP contribution in [0.25, 0.3) is 0 Å². The lowest BCUT2D eigenvalue weighted by Gasteiger charge is -2.32. The molecule has 1 aliphatic carbocycles. The predicted octanol–water partition coefficient (Wildman–Crippen LogP) is 4.09. The van der Waals surface area contributed by atoms with Crippen LogP contribution in [0.4, 0.5) is 4.39 Å². The van der Waals surface area contributed by atoms with Crippen LogP contribution in [-0.2, 0) is 6.42 Å². The van der Waals surface area contributed by atoms with E-state index in [9.17, 15) is 4.39 Å². The first-order chi connectivity index (χ1) is 9.20. The molecule has 19 heavy (non-hydrogen) atoms. The van der Waals surface area contributed by atoms with Gasteiger partial charge in [-0.25, -0.2) is 4.39 Å². The Bertz CT molecular complexity index is 402. The number of halogens is 1. The van der Waals surface area contributed by atoms with Crippen molar-refractivity contribution in [3.63, 3.8) is 0 Å². The predicted molar refractivity (Wildman–Crippen MR) is 78.8 cm³/mol. The van der Waals surface area contributed by atoms with Crippen molar-refractivity contribution < 1.29 is 4.39 Å². The van der Waals surface area contributed by atoms with Crippen molar-refractivity contribution in [2.24, 2.45) is 11.8 Å². The van der Waals surface area contributed by atoms with Gasteiger partial charge in [-0.15, -0.1) is 0 Å². The zero-order chi connectivity index (χ0) is 13.7. The summed E-state index contributed by atoms with van der Waals surface area (Å²) in [6.45, 7) is 6.39. The lowest BCUT2D eigenvalue weighted by Crippen LogP contribution is -2.31. The first-order valence-corrected chi connectivity index (χ1v) is 7.66. The van der Waals surface area contributed by atoms with Crippen LogP contribution < -0.4 is 5.32 Å². The smallest absolute Gasteiger partial charge is 0.123 e. The second kappa shape index (κ2) is 7.04. The molecule has 0 aliphatic heterocycles. The van der Waals surface area contributed by atoms with Crippen LogP contribution in [0.1, 0.15) is 43.7 Å². The first-order valence-electron chi connectivity index (χ1n) is 7.66. The average molecular weight is 263 g/mol. The van der Waals surface area contributed by atoms with Crippen LogP contribution in [0.5, 0.6) is 0 Å². The highest BCUT2D eigenvalue weighted by molar-refractivity contribution is 5.27. The highest BCUT2D eigenvalue weighted by Crippen LogP contribution is 2.32. The lowest BCUT2D eigenvalue weighted by atomic mass is 9.75. The number of hydrogen-bond donors (Lipinski definition) is 1. The fourth-order valence-electron chi connectivity index (χ4n) is 3.32. The van der Waals surface area contributed by atoms with Gasteiger partial charge in [0.05, 0.1) is 0 Å². The lowest BCUT2D eigenvalue weighted by molar-refractivity contribution is 0.229. The molecule has 2 atom stereocenters. The molecule has 106 valence electrons. The molecular weight excluding hydrogens is 237 g/mol. The monoisotopic (exact) mass is 263 g/mol. The Morgan fingerprint density at radius 3 is 2.63 bits per heavy atom. The second-order valence-electron chi connectivity index (χ2n) is 5.89. The second-order valence-corrected chi connectivity index (χ2v) is 5.89. The Kier molecular flexibility index (Phi) is 5.38. The summed E-state index contributed by atoms with van der Waals surface area (Å²) in [7, 11) is 0. The van der Waals surface area contributed by atoms with E-state index < -0.39 is 0 Å². The van der Waals surface area contributed by atoms with Gasteiger partial charge >= 0.3 is 0 Å². The number of benzene rings is 1. The highest BCUT2D eigenvalue weighted by Gasteiger charge is 2.25. The molecule has 1 N–H and O–H groups in total. The summed E-state index contributed by atoms with van der Waals surface area (Å²) in [5.41, 5.74) is 2.43. The molecule has 0 spiro atoms. The van der Waals surface area contributed by atoms with Gasteiger partial charge in [0, 0.05) is 0 Å². The largest absolute Gasteiger partial charge is 0.317 e. The van der Waals surface area contributed by atoms with Gasteiger partial charge in [-0.1, -0.05) is 25.8 Å². The Morgan fingerprint density at radius 2 is 1.95 bits per heavy atom. The van der Waals surface area contributed by atoms with E-state index in [-0.39, 0.29) is 5.82 Å². The van der Waals surface area contributed by atoms with Crippen LogP contribution in [-0.4, -0.2) is 13.1 Å². The maximum absolute atomic E-state index is 13.2. The van der Waals surface area contributed by atoms with E-state index in [0.717, 1.165) is 36.9 Å². The molecule has 2 rings (SSSR count). The van der Waals surface area contributed by atoms with Crippen molar-refractivity contribution in [3.05, 3.63) is 35.1 Å². The van der Waals surface area contributed by atoms with Crippen LogP contribution >= 0.6 is 0 Å². The Balaban J connectivity index is 2.02. The number of rotatable bonds is 5. The summed E-state index contributed by atoms with van der Waals surface area (Å²) in [6, 6.07) is 5.24. The van der Waals surface area contributed by atoms with E-state index in [1.54, 1.807) is 12.1 Å². The summed E-state index contributed by atoms with van der Waals surface area (Å²) in [5.74, 6) is 1.43.